The van der Waals surface area contributed by atoms with Crippen molar-refractivity contribution in [1.82, 2.24) is 5.32 Å². The van der Waals surface area contributed by atoms with Crippen LogP contribution in [0.1, 0.15) is 24.8 Å². The first-order valence-electron chi connectivity index (χ1n) is 5.82. The Morgan fingerprint density at radius 2 is 1.82 bits per heavy atom. The molecule has 1 aromatic carbocycles. The highest BCUT2D eigenvalue weighted by atomic mass is 16.2. The van der Waals surface area contributed by atoms with E-state index >= 15 is 0 Å². The van der Waals surface area contributed by atoms with E-state index in [0.29, 0.717) is 25.8 Å². The molecule has 0 aromatic heterocycles. The highest BCUT2D eigenvalue weighted by molar-refractivity contribution is 6.16. The third kappa shape index (κ3) is 2.36. The Kier molecular flexibility index (Phi) is 3.54. The summed E-state index contributed by atoms with van der Waals surface area (Å²) in [5.41, 5.74) is 1.69. The number of benzene rings is 1. The Hall–Kier alpha value is -1.68. The summed E-state index contributed by atoms with van der Waals surface area (Å²) >= 11 is 0. The van der Waals surface area contributed by atoms with E-state index < -0.39 is 0 Å². The van der Waals surface area contributed by atoms with Crippen molar-refractivity contribution < 1.29 is 9.59 Å². The highest BCUT2D eigenvalue weighted by Crippen LogP contribution is 2.25. The number of carbonyl (C=O) groups is 2. The van der Waals surface area contributed by atoms with Gasteiger partial charge in [0.05, 0.1) is 5.69 Å². The minimum Gasteiger partial charge on any atom is -0.316 e. The monoisotopic (exact) mass is 232 g/mol. The summed E-state index contributed by atoms with van der Waals surface area (Å²) in [6.45, 7) is 0.646. The SMILES string of the molecule is CNCc1ccccc1N1C(=O)CCCC1=O. The van der Waals surface area contributed by atoms with Crippen LogP contribution in [0.3, 0.4) is 0 Å². The van der Waals surface area contributed by atoms with Crippen molar-refractivity contribution in [2.24, 2.45) is 0 Å². The summed E-state index contributed by atoms with van der Waals surface area (Å²) in [5.74, 6) is -0.186. The quantitative estimate of drug-likeness (QED) is 0.802. The highest BCUT2D eigenvalue weighted by Gasteiger charge is 2.28. The summed E-state index contributed by atoms with van der Waals surface area (Å²) in [4.78, 5) is 25.0. The number of rotatable bonds is 3. The summed E-state index contributed by atoms with van der Waals surface area (Å²) in [6, 6.07) is 7.52. The molecule has 0 unspecified atom stereocenters. The molecule has 90 valence electrons. The van der Waals surface area contributed by atoms with Crippen molar-refractivity contribution in [1.29, 1.82) is 0 Å². The molecule has 4 heteroatoms. The van der Waals surface area contributed by atoms with Crippen LogP contribution < -0.4 is 10.2 Å². The average molecular weight is 232 g/mol. The number of nitrogens with one attached hydrogen (secondary N) is 1. The number of amides is 2. The van der Waals surface area contributed by atoms with Crippen LogP contribution in [0, 0.1) is 0 Å². The van der Waals surface area contributed by atoms with E-state index in [-0.39, 0.29) is 11.8 Å². The number of nitrogens with zero attached hydrogens (tertiary/aromatic N) is 1. The third-order valence-electron chi connectivity index (χ3n) is 2.88. The predicted octanol–water partition coefficient (Wildman–Crippen LogP) is 1.45. The van der Waals surface area contributed by atoms with Crippen molar-refractivity contribution in [2.75, 3.05) is 11.9 Å². The maximum Gasteiger partial charge on any atom is 0.233 e. The van der Waals surface area contributed by atoms with Crippen LogP contribution in [0.4, 0.5) is 5.69 Å². The van der Waals surface area contributed by atoms with Gasteiger partial charge in [-0.25, -0.2) is 0 Å². The zero-order valence-corrected chi connectivity index (χ0v) is 9.90. The summed E-state index contributed by atoms with van der Waals surface area (Å²) < 4.78 is 0. The van der Waals surface area contributed by atoms with Gasteiger partial charge < -0.3 is 5.32 Å². The van der Waals surface area contributed by atoms with Gasteiger partial charge in [-0.1, -0.05) is 18.2 Å². The topological polar surface area (TPSA) is 49.4 Å². The lowest BCUT2D eigenvalue weighted by Crippen LogP contribution is -2.40. The standard InChI is InChI=1S/C13H16N2O2/c1-14-9-10-5-2-3-6-11(10)15-12(16)7-4-8-13(15)17/h2-3,5-6,14H,4,7-9H2,1H3. The first-order valence-corrected chi connectivity index (χ1v) is 5.82. The maximum absolute atomic E-state index is 11.8. The molecule has 1 fully saturated rings. The number of piperidine rings is 1. The van der Waals surface area contributed by atoms with Crippen LogP contribution in [-0.2, 0) is 16.1 Å². The lowest BCUT2D eigenvalue weighted by molar-refractivity contribution is -0.129. The van der Waals surface area contributed by atoms with Crippen molar-refractivity contribution >= 4 is 17.5 Å². The van der Waals surface area contributed by atoms with Crippen LogP contribution in [0.2, 0.25) is 0 Å². The average Bonchev–Trinajstić information content (AvgIpc) is 2.31. The van der Waals surface area contributed by atoms with E-state index in [1.807, 2.05) is 31.3 Å². The van der Waals surface area contributed by atoms with Crippen LogP contribution in [0.15, 0.2) is 24.3 Å². The van der Waals surface area contributed by atoms with Gasteiger partial charge >= 0.3 is 0 Å². The van der Waals surface area contributed by atoms with Gasteiger partial charge in [-0.2, -0.15) is 0 Å². The molecule has 1 aliphatic heterocycles. The normalized spacial score (nSPS) is 16.4. The molecule has 0 atom stereocenters. The van der Waals surface area contributed by atoms with Gasteiger partial charge in [0.15, 0.2) is 0 Å². The fraction of sp³-hybridized carbons (Fsp3) is 0.385. The van der Waals surface area contributed by atoms with Crippen molar-refractivity contribution in [3.8, 4) is 0 Å². The molecule has 2 rings (SSSR count). The Labute approximate surface area is 101 Å². The minimum atomic E-state index is -0.0928. The molecule has 0 aliphatic carbocycles. The molecule has 1 heterocycles. The molecule has 0 spiro atoms. The van der Waals surface area contributed by atoms with Crippen molar-refractivity contribution in [3.05, 3.63) is 29.8 Å². The minimum absolute atomic E-state index is 0.0928. The van der Waals surface area contributed by atoms with Gasteiger partial charge in [0.25, 0.3) is 0 Å². The Bertz CT molecular complexity index is 427. The summed E-state index contributed by atoms with van der Waals surface area (Å²) in [6.07, 6.45) is 1.58. The van der Waals surface area contributed by atoms with Crippen LogP contribution in [-0.4, -0.2) is 18.9 Å². The van der Waals surface area contributed by atoms with Gasteiger partial charge in [-0.05, 0) is 25.1 Å². The van der Waals surface area contributed by atoms with E-state index in [1.54, 1.807) is 0 Å². The Morgan fingerprint density at radius 1 is 1.18 bits per heavy atom. The van der Waals surface area contributed by atoms with Gasteiger partial charge in [0, 0.05) is 19.4 Å². The summed E-state index contributed by atoms with van der Waals surface area (Å²) in [7, 11) is 1.84. The molecule has 0 saturated carbocycles. The molecule has 17 heavy (non-hydrogen) atoms. The molecule has 1 aromatic rings. The number of para-hydroxylation sites is 1. The second kappa shape index (κ2) is 5.10. The van der Waals surface area contributed by atoms with E-state index in [2.05, 4.69) is 5.32 Å². The smallest absolute Gasteiger partial charge is 0.233 e. The van der Waals surface area contributed by atoms with Crippen LogP contribution >= 0.6 is 0 Å². The second-order valence-electron chi connectivity index (χ2n) is 4.14. The molecule has 1 N–H and O–H groups in total. The first-order chi connectivity index (χ1) is 8.24. The fourth-order valence-electron chi connectivity index (χ4n) is 2.09. The van der Waals surface area contributed by atoms with Gasteiger partial charge in [0.2, 0.25) is 11.8 Å². The van der Waals surface area contributed by atoms with E-state index in [4.69, 9.17) is 0 Å². The number of imide groups is 1. The van der Waals surface area contributed by atoms with Crippen molar-refractivity contribution in [3.63, 3.8) is 0 Å². The van der Waals surface area contributed by atoms with Crippen LogP contribution in [0.5, 0.6) is 0 Å². The first kappa shape index (κ1) is 11.8. The lowest BCUT2D eigenvalue weighted by Gasteiger charge is -2.26. The largest absolute Gasteiger partial charge is 0.316 e. The molecular formula is C13H16N2O2. The van der Waals surface area contributed by atoms with Gasteiger partial charge in [-0.3, -0.25) is 14.5 Å². The number of carbonyl (C=O) groups excluding carboxylic acids is 2. The molecule has 0 radical (unpaired) electrons. The molecule has 2 amide bonds. The van der Waals surface area contributed by atoms with Gasteiger partial charge in [-0.15, -0.1) is 0 Å². The number of hydrogen-bond acceptors (Lipinski definition) is 3. The summed E-state index contributed by atoms with van der Waals surface area (Å²) in [5, 5.41) is 3.04. The zero-order chi connectivity index (χ0) is 12.3. The predicted molar refractivity (Wildman–Crippen MR) is 65.5 cm³/mol. The molecule has 4 nitrogen and oxygen atoms in total. The Balaban J connectivity index is 2.37. The van der Waals surface area contributed by atoms with Crippen molar-refractivity contribution in [2.45, 2.75) is 25.8 Å². The van der Waals surface area contributed by atoms with Crippen LogP contribution in [0.25, 0.3) is 0 Å². The Morgan fingerprint density at radius 3 is 2.47 bits per heavy atom. The third-order valence-corrected chi connectivity index (χ3v) is 2.88. The second-order valence-corrected chi connectivity index (χ2v) is 4.14. The molecule has 0 bridgehead atoms. The van der Waals surface area contributed by atoms with E-state index in [9.17, 15) is 9.59 Å². The fourth-order valence-corrected chi connectivity index (χ4v) is 2.09. The molecule has 1 saturated heterocycles. The number of anilines is 1. The van der Waals surface area contributed by atoms with E-state index in [0.717, 1.165) is 11.3 Å². The lowest BCUT2D eigenvalue weighted by atomic mass is 10.1. The number of hydrogen-bond donors (Lipinski definition) is 1. The molecule has 1 aliphatic rings. The van der Waals surface area contributed by atoms with E-state index in [1.165, 1.54) is 4.90 Å². The maximum atomic E-state index is 11.8. The zero-order valence-electron chi connectivity index (χ0n) is 9.90. The molecular weight excluding hydrogens is 216 g/mol. The van der Waals surface area contributed by atoms with Gasteiger partial charge in [0.1, 0.15) is 0 Å².